The minimum atomic E-state index is -0.899. The van der Waals surface area contributed by atoms with Crippen LogP contribution in [0.15, 0.2) is 12.1 Å². The van der Waals surface area contributed by atoms with Crippen molar-refractivity contribution in [3.05, 3.63) is 27.7 Å². The second-order valence-electron chi connectivity index (χ2n) is 4.48. The molecular weight excluding hydrogens is 303 g/mol. The smallest absolute Gasteiger partial charge is 0.277 e. The molecule has 1 fully saturated rings. The van der Waals surface area contributed by atoms with Gasteiger partial charge in [0.1, 0.15) is 5.92 Å². The summed E-state index contributed by atoms with van der Waals surface area (Å²) in [6.45, 7) is 3.45. The maximum Gasteiger partial charge on any atom is 0.335 e. The van der Waals surface area contributed by atoms with Gasteiger partial charge in [-0.2, -0.15) is 0 Å². The Morgan fingerprint density at radius 3 is 2.45 bits per heavy atom. The molecule has 1 atom stereocenters. The van der Waals surface area contributed by atoms with Crippen LogP contribution >= 0.6 is 23.2 Å². The molecule has 0 saturated carbocycles. The van der Waals surface area contributed by atoms with Crippen LogP contribution in [0.1, 0.15) is 18.9 Å². The number of rotatable bonds is 2. The van der Waals surface area contributed by atoms with E-state index in [1.807, 2.05) is 0 Å². The van der Waals surface area contributed by atoms with Gasteiger partial charge in [0.2, 0.25) is 11.8 Å². The van der Waals surface area contributed by atoms with E-state index in [-0.39, 0.29) is 10.7 Å². The third-order valence-corrected chi connectivity index (χ3v) is 3.86. The topological polar surface area (TPSA) is 66.5 Å². The standard InChI is InChI=1S/C13H12Cl2N2O3/c1-3-7-11(18)16-13(20)17(12(7)19)10-5-8(14)6(2)4-9(10)15/h4-5,7H,3H2,1-2H3,(H,16,18,20). The van der Waals surface area contributed by atoms with Crippen molar-refractivity contribution < 1.29 is 14.4 Å². The van der Waals surface area contributed by atoms with E-state index >= 15 is 0 Å². The van der Waals surface area contributed by atoms with E-state index in [0.29, 0.717) is 11.4 Å². The summed E-state index contributed by atoms with van der Waals surface area (Å²) in [7, 11) is 0. The van der Waals surface area contributed by atoms with Gasteiger partial charge in [-0.3, -0.25) is 14.9 Å². The van der Waals surface area contributed by atoms with Gasteiger partial charge in [-0.15, -0.1) is 0 Å². The first-order valence-corrected chi connectivity index (χ1v) is 6.76. The molecule has 4 amide bonds. The van der Waals surface area contributed by atoms with E-state index in [4.69, 9.17) is 23.2 Å². The third kappa shape index (κ3) is 2.39. The monoisotopic (exact) mass is 314 g/mol. The van der Waals surface area contributed by atoms with Crippen molar-refractivity contribution >= 4 is 46.7 Å². The second-order valence-corrected chi connectivity index (χ2v) is 5.30. The highest BCUT2D eigenvalue weighted by Gasteiger charge is 2.40. The van der Waals surface area contributed by atoms with Crippen molar-refractivity contribution in [3.63, 3.8) is 0 Å². The van der Waals surface area contributed by atoms with Crippen LogP contribution in [0, 0.1) is 12.8 Å². The lowest BCUT2D eigenvalue weighted by atomic mass is 10.0. The SMILES string of the molecule is CCC1C(=O)NC(=O)N(c2cc(Cl)c(C)cc2Cl)C1=O. The van der Waals surface area contributed by atoms with Crippen molar-refractivity contribution in [1.82, 2.24) is 5.32 Å². The quantitative estimate of drug-likeness (QED) is 0.853. The van der Waals surface area contributed by atoms with Crippen molar-refractivity contribution in [1.29, 1.82) is 0 Å². The summed E-state index contributed by atoms with van der Waals surface area (Å²) >= 11 is 12.1. The number of carbonyl (C=O) groups is 3. The zero-order chi connectivity index (χ0) is 15.0. The first-order valence-electron chi connectivity index (χ1n) is 6.01. The summed E-state index contributed by atoms with van der Waals surface area (Å²) in [6.07, 6.45) is 0.297. The molecule has 20 heavy (non-hydrogen) atoms. The van der Waals surface area contributed by atoms with Crippen molar-refractivity contribution in [2.45, 2.75) is 20.3 Å². The van der Waals surface area contributed by atoms with E-state index in [1.165, 1.54) is 6.07 Å². The molecule has 2 rings (SSSR count). The fraction of sp³-hybridized carbons (Fsp3) is 0.308. The summed E-state index contributed by atoms with van der Waals surface area (Å²) in [4.78, 5) is 36.6. The summed E-state index contributed by atoms with van der Waals surface area (Å²) in [5.74, 6) is -2.08. The van der Waals surface area contributed by atoms with Crippen LogP contribution in [0.3, 0.4) is 0 Å². The highest BCUT2D eigenvalue weighted by atomic mass is 35.5. The summed E-state index contributed by atoms with van der Waals surface area (Å²) in [5.41, 5.74) is 0.907. The fourth-order valence-electron chi connectivity index (χ4n) is 2.01. The minimum Gasteiger partial charge on any atom is -0.277 e. The number of nitrogens with one attached hydrogen (secondary N) is 1. The normalized spacial score (nSPS) is 19.3. The molecule has 0 radical (unpaired) electrons. The molecule has 0 aliphatic carbocycles. The average molecular weight is 315 g/mol. The Hall–Kier alpha value is -1.59. The predicted octanol–water partition coefficient (Wildman–Crippen LogP) is 2.91. The molecule has 1 aromatic rings. The number of halogens is 2. The van der Waals surface area contributed by atoms with Gasteiger partial charge in [0, 0.05) is 5.02 Å². The molecule has 0 spiro atoms. The molecule has 0 bridgehead atoms. The number of imide groups is 2. The Morgan fingerprint density at radius 1 is 1.20 bits per heavy atom. The van der Waals surface area contributed by atoms with Crippen molar-refractivity contribution in [3.8, 4) is 0 Å². The predicted molar refractivity (Wildman–Crippen MR) is 76.0 cm³/mol. The van der Waals surface area contributed by atoms with Gasteiger partial charge in [0.05, 0.1) is 10.7 Å². The number of carbonyl (C=O) groups excluding carboxylic acids is 3. The summed E-state index contributed by atoms with van der Waals surface area (Å²) in [6, 6.07) is 2.20. The Bertz CT molecular complexity index is 616. The first kappa shape index (κ1) is 14.8. The maximum atomic E-state index is 12.3. The third-order valence-electron chi connectivity index (χ3n) is 3.15. The Balaban J connectivity index is 2.50. The van der Waals surface area contributed by atoms with Crippen LogP contribution in [0.4, 0.5) is 10.5 Å². The average Bonchev–Trinajstić information content (AvgIpc) is 2.35. The van der Waals surface area contributed by atoms with Gasteiger partial charge in [-0.05, 0) is 31.0 Å². The van der Waals surface area contributed by atoms with Crippen molar-refractivity contribution in [2.75, 3.05) is 4.90 Å². The van der Waals surface area contributed by atoms with Gasteiger partial charge in [0.15, 0.2) is 0 Å². The zero-order valence-corrected chi connectivity index (χ0v) is 12.4. The van der Waals surface area contributed by atoms with Gasteiger partial charge in [-0.1, -0.05) is 30.1 Å². The van der Waals surface area contributed by atoms with Crippen LogP contribution in [-0.4, -0.2) is 17.8 Å². The maximum absolute atomic E-state index is 12.3. The van der Waals surface area contributed by atoms with Crippen LogP contribution in [-0.2, 0) is 9.59 Å². The Kier molecular flexibility index (Phi) is 4.01. The van der Waals surface area contributed by atoms with Crippen molar-refractivity contribution in [2.24, 2.45) is 5.92 Å². The van der Waals surface area contributed by atoms with E-state index in [2.05, 4.69) is 5.32 Å². The number of urea groups is 1. The summed E-state index contributed by atoms with van der Waals surface area (Å²) < 4.78 is 0. The van der Waals surface area contributed by atoms with Crippen LogP contribution in [0.25, 0.3) is 0 Å². The summed E-state index contributed by atoms with van der Waals surface area (Å²) in [5, 5.41) is 2.75. The minimum absolute atomic E-state index is 0.177. The van der Waals surface area contributed by atoms with Gasteiger partial charge >= 0.3 is 6.03 Å². The van der Waals surface area contributed by atoms with Gasteiger partial charge < -0.3 is 0 Å². The zero-order valence-electron chi connectivity index (χ0n) is 10.9. The number of amides is 4. The van der Waals surface area contributed by atoms with E-state index in [9.17, 15) is 14.4 Å². The second kappa shape index (κ2) is 5.42. The Labute approximate surface area is 125 Å². The van der Waals surface area contributed by atoms with Crippen LogP contribution in [0.5, 0.6) is 0 Å². The molecule has 1 saturated heterocycles. The number of nitrogens with zero attached hydrogens (tertiary/aromatic N) is 1. The van der Waals surface area contributed by atoms with Crippen LogP contribution in [0.2, 0.25) is 10.0 Å². The fourth-order valence-corrected chi connectivity index (χ4v) is 2.47. The largest absolute Gasteiger partial charge is 0.335 e. The first-order chi connectivity index (χ1) is 9.36. The molecule has 7 heteroatoms. The number of benzene rings is 1. The van der Waals surface area contributed by atoms with E-state index < -0.39 is 23.8 Å². The number of anilines is 1. The molecule has 106 valence electrons. The number of hydrogen-bond donors (Lipinski definition) is 1. The van der Waals surface area contributed by atoms with E-state index in [1.54, 1.807) is 19.9 Å². The molecule has 0 aromatic heterocycles. The molecule has 1 aliphatic heterocycles. The molecule has 1 aliphatic rings. The Morgan fingerprint density at radius 2 is 1.85 bits per heavy atom. The highest BCUT2D eigenvalue weighted by Crippen LogP contribution is 2.33. The molecule has 1 heterocycles. The van der Waals surface area contributed by atoms with E-state index in [0.717, 1.165) is 10.5 Å². The lowest BCUT2D eigenvalue weighted by Crippen LogP contribution is -2.58. The highest BCUT2D eigenvalue weighted by molar-refractivity contribution is 6.38. The molecule has 1 N–H and O–H groups in total. The number of aryl methyl sites for hydroxylation is 1. The van der Waals surface area contributed by atoms with Crippen LogP contribution < -0.4 is 10.2 Å². The van der Waals surface area contributed by atoms with Gasteiger partial charge in [0.25, 0.3) is 0 Å². The molecular formula is C13H12Cl2N2O3. The molecule has 5 nitrogen and oxygen atoms in total. The molecule has 1 unspecified atom stereocenters. The lowest BCUT2D eigenvalue weighted by Gasteiger charge is -2.30. The lowest BCUT2D eigenvalue weighted by molar-refractivity contribution is -0.134. The molecule has 1 aromatic carbocycles. The number of hydrogen-bond acceptors (Lipinski definition) is 3. The number of barbiturate groups is 1. The van der Waals surface area contributed by atoms with Gasteiger partial charge in [-0.25, -0.2) is 9.69 Å².